The third-order valence-corrected chi connectivity index (χ3v) is 23.1. The van der Waals surface area contributed by atoms with Gasteiger partial charge >= 0.3 is 0 Å². The lowest BCUT2D eigenvalue weighted by molar-refractivity contribution is -0.149. The summed E-state index contributed by atoms with van der Waals surface area (Å²) in [6, 6.07) is 2.49. The maximum atomic E-state index is 15.7. The summed E-state index contributed by atoms with van der Waals surface area (Å²) in [7, 11) is 4.16. The number of hydrogen-bond donors (Lipinski definition) is 16. The minimum absolute atomic E-state index is 0.00821. The molecule has 3 aliphatic rings. The number of carbonyl (C=O) groups is 15. The van der Waals surface area contributed by atoms with Crippen molar-refractivity contribution in [3.8, 4) is 5.75 Å². The topological polar surface area (TPSA) is 537 Å². The van der Waals surface area contributed by atoms with Crippen molar-refractivity contribution in [1.82, 2.24) is 77.4 Å². The van der Waals surface area contributed by atoms with Crippen LogP contribution in [0, 0.1) is 17.8 Å². The number of hydrogen-bond acceptors (Lipinski definition) is 21. The number of Topliss-reactive ketones (excluding diaryl/α,β-unsaturated/α-hetero) is 2. The van der Waals surface area contributed by atoms with Gasteiger partial charge in [0.1, 0.15) is 72.8 Å². The van der Waals surface area contributed by atoms with E-state index in [2.05, 4.69) is 57.8 Å². The van der Waals surface area contributed by atoms with Crippen LogP contribution in [0.2, 0.25) is 0 Å². The Morgan fingerprint density at radius 1 is 0.569 bits per heavy atom. The highest BCUT2D eigenvalue weighted by Gasteiger charge is 2.47. The third kappa shape index (κ3) is 26.7. The van der Waals surface area contributed by atoms with Crippen LogP contribution in [0.4, 0.5) is 0 Å². The van der Waals surface area contributed by atoms with E-state index in [-0.39, 0.29) is 114 Å². The second kappa shape index (κ2) is 46.3. The quantitative estimate of drug-likeness (QED) is 0.0470. The van der Waals surface area contributed by atoms with Gasteiger partial charge in [-0.3, -0.25) is 77.2 Å². The maximum absolute atomic E-state index is 15.7. The number of aromatic nitrogens is 2. The van der Waals surface area contributed by atoms with Crippen molar-refractivity contribution in [1.29, 1.82) is 0 Å². The molecule has 8 rings (SSSR count). The van der Waals surface area contributed by atoms with E-state index < -0.39 is 205 Å². The van der Waals surface area contributed by atoms with Gasteiger partial charge < -0.3 is 104 Å². The number of unbranched alkanes of at least 4 members (excludes halogenated alkanes) is 2. The molecule has 3 saturated heterocycles. The zero-order valence-corrected chi connectivity index (χ0v) is 72.1. The highest BCUT2D eigenvalue weighted by Crippen LogP contribution is 2.29. The summed E-state index contributed by atoms with van der Waals surface area (Å²) in [5.74, 6) is -13.6. The number of likely N-dealkylation sites (N-methyl/N-ethyl adjacent to an activating group) is 3. The number of nitrogens with zero attached hydrogens (tertiary/aromatic N) is 4. The molecule has 672 valence electrons. The molecule has 19 N–H and O–H groups in total. The van der Waals surface area contributed by atoms with Crippen LogP contribution in [0.3, 0.4) is 0 Å². The number of nitrogens with two attached hydrogens (primary N) is 3. The van der Waals surface area contributed by atoms with Gasteiger partial charge in [0.15, 0.2) is 11.6 Å². The van der Waals surface area contributed by atoms with Crippen LogP contribution in [-0.4, -0.2) is 273 Å². The van der Waals surface area contributed by atoms with Crippen molar-refractivity contribution in [2.45, 2.75) is 242 Å². The number of para-hydroxylation sites is 2. The number of primary amides is 1. The molecule has 0 aliphatic carbocycles. The van der Waals surface area contributed by atoms with Crippen LogP contribution < -0.4 is 65.1 Å². The Hall–Kier alpha value is -11.2. The molecule has 0 saturated carbocycles. The van der Waals surface area contributed by atoms with Crippen molar-refractivity contribution in [2.24, 2.45) is 35.0 Å². The summed E-state index contributed by atoms with van der Waals surface area (Å²) in [6.07, 6.45) is 2.50. The average Bonchev–Trinajstić information content (AvgIpc) is 1.73. The van der Waals surface area contributed by atoms with E-state index in [4.69, 9.17) is 21.9 Å². The number of benzene rings is 3. The monoisotopic (exact) mass is 1710 g/mol. The predicted molar refractivity (Wildman–Crippen MR) is 457 cm³/mol. The van der Waals surface area contributed by atoms with E-state index in [0.29, 0.717) is 42.4 Å². The Labute approximate surface area is 716 Å². The number of amides is 13. The first kappa shape index (κ1) is 97.2. The van der Waals surface area contributed by atoms with Gasteiger partial charge in [-0.1, -0.05) is 116 Å². The van der Waals surface area contributed by atoms with Crippen LogP contribution in [0.15, 0.2) is 85.2 Å². The van der Waals surface area contributed by atoms with Crippen molar-refractivity contribution in [3.63, 3.8) is 0 Å². The molecule has 2 aromatic heterocycles. The minimum atomic E-state index is -1.70. The second-order valence-corrected chi connectivity index (χ2v) is 33.4. The molecule has 3 aliphatic heterocycles. The third-order valence-electron chi connectivity index (χ3n) is 23.1. The molecule has 36 nitrogen and oxygen atoms in total. The summed E-state index contributed by atoms with van der Waals surface area (Å²) in [6.45, 7) is 10.6. The van der Waals surface area contributed by atoms with Crippen molar-refractivity contribution in [2.75, 3.05) is 60.5 Å². The Balaban J connectivity index is 1.13. The second-order valence-electron chi connectivity index (χ2n) is 33.4. The van der Waals surface area contributed by atoms with Gasteiger partial charge in [-0.15, -0.1) is 0 Å². The Bertz CT molecular complexity index is 4530. The number of rotatable bonds is 21. The summed E-state index contributed by atoms with van der Waals surface area (Å²) in [5, 5.41) is 48.2. The maximum Gasteiger partial charge on any atom is 0.246 e. The molecule has 0 radical (unpaired) electrons. The van der Waals surface area contributed by atoms with Crippen LogP contribution >= 0.6 is 0 Å². The number of fused-ring (bicyclic) bond motifs is 5. The predicted octanol–water partition coefficient (Wildman–Crippen LogP) is 0.306. The number of phenolic OH excluding ortho intramolecular Hbond substituents is 1. The van der Waals surface area contributed by atoms with E-state index in [1.807, 2.05) is 70.2 Å². The van der Waals surface area contributed by atoms with E-state index in [1.54, 1.807) is 32.3 Å². The number of aliphatic hydroxyl groups excluding tert-OH is 1. The van der Waals surface area contributed by atoms with Gasteiger partial charge in [0.25, 0.3) is 0 Å². The largest absolute Gasteiger partial charge is 0.508 e. The first-order valence-corrected chi connectivity index (χ1v) is 42.7. The molecule has 0 spiro atoms. The Kier molecular flexibility index (Phi) is 36.6. The van der Waals surface area contributed by atoms with E-state index >= 15 is 19.2 Å². The summed E-state index contributed by atoms with van der Waals surface area (Å²) in [5.41, 5.74) is 21.2. The van der Waals surface area contributed by atoms with Gasteiger partial charge in [0, 0.05) is 100 Å². The summed E-state index contributed by atoms with van der Waals surface area (Å²) in [4.78, 5) is 230. The number of aliphatic hydroxyl groups is 1. The first-order chi connectivity index (χ1) is 58.6. The lowest BCUT2D eigenvalue weighted by Crippen LogP contribution is -2.61. The number of nitrogens with one attached hydrogen (secondary N) is 11. The average molecular weight is 1710 g/mol. The van der Waals surface area contributed by atoms with Crippen molar-refractivity contribution >= 4 is 110 Å². The summed E-state index contributed by atoms with van der Waals surface area (Å²) < 4.78 is 5.70. The fourth-order valence-electron chi connectivity index (χ4n) is 16.1. The van der Waals surface area contributed by atoms with Gasteiger partial charge in [-0.05, 0) is 124 Å². The molecule has 123 heavy (non-hydrogen) atoms. The molecule has 36 heteroatoms. The number of ether oxygens (including phenoxy) is 1. The number of phenols is 1. The standard InChI is InChI=1S/C87H126N18O18/c1-11-13-24-68-82(117)98-63(37-49(5)6)79(114)91-33-35-123-47-74(110)94-64(38-51-27-29-55(106)30-28-51)84(119)102(8)50(7)77(112)99-66(43-73(90)109)86(121)105-34-19-26-69(105)83(118)101-67(44-89)81(116)97-62(36-48(3)4)76(111)75-72(108)42-61(95-75)71(107)41-52(39-53-45-92-58-22-17-15-20-56(53)58)78(113)96-60(31-32-88)80(115)100-65(40-54-46-93-59-23-18-16-21-57(54)59)85(120)104(10)70(25-14-12-2)87(122)103(68)9/h15-18,20-23,27-30,45-46,48-50,52,60-70,72,75,92-93,95,106,108H,11-14,19,24-26,31-44,47,88-89H2,1-10H3,(H2,90,109)(H,91,114)(H,94,110)(H,96,113)(H,97,116)(H,98,117)(H,99,112)(H,100,115)(H,101,118)/t50-,52+,60-,61-,62-,63-,64-,65-,66-,67-,68-,69-,70-,72+,75?/m0/s1. The van der Waals surface area contributed by atoms with E-state index in [1.165, 1.54) is 62.1 Å². The highest BCUT2D eigenvalue weighted by molar-refractivity contribution is 6.02. The molecular formula is C87H126N18O18. The Morgan fingerprint density at radius 2 is 1.11 bits per heavy atom. The fraction of sp³-hybridized carbons (Fsp3) is 0.575. The molecule has 15 atom stereocenters. The zero-order chi connectivity index (χ0) is 90.1. The van der Waals surface area contributed by atoms with Gasteiger partial charge in [0.2, 0.25) is 76.8 Å². The van der Waals surface area contributed by atoms with Gasteiger partial charge in [-0.25, -0.2) is 0 Å². The molecule has 5 aromatic rings. The minimum Gasteiger partial charge on any atom is -0.508 e. The van der Waals surface area contributed by atoms with Crippen LogP contribution in [0.25, 0.3) is 21.8 Å². The molecule has 13 amide bonds. The van der Waals surface area contributed by atoms with Gasteiger partial charge in [0.05, 0.1) is 37.3 Å². The number of aromatic amines is 2. The highest BCUT2D eigenvalue weighted by atomic mass is 16.5. The molecule has 3 fully saturated rings. The molecule has 1 unspecified atom stereocenters. The lowest BCUT2D eigenvalue weighted by Gasteiger charge is -2.36. The normalized spacial score (nSPS) is 26.3. The molecule has 5 heterocycles. The van der Waals surface area contributed by atoms with Gasteiger partial charge in [-0.2, -0.15) is 0 Å². The van der Waals surface area contributed by atoms with Crippen LogP contribution in [0.1, 0.15) is 155 Å². The number of carbonyl (C=O) groups excluding carboxylic acids is 15. The number of H-pyrrole nitrogens is 2. The number of ketones is 2. The first-order valence-electron chi connectivity index (χ1n) is 42.7. The van der Waals surface area contributed by atoms with E-state index in [0.717, 1.165) is 31.6 Å². The fourth-order valence-corrected chi connectivity index (χ4v) is 16.1. The SMILES string of the molecule is CCCC[C@H]1C(=O)N(C)[C@@H](CCCC)C(=O)N[C@@H](CC(C)C)C(=O)NCCOCC(=O)N[C@@H](Cc2ccc(O)cc2)C(=O)N(C)[C@@H](C)C(=O)N[C@@H](CC(N)=O)C(=O)N2CCC[C@H]2C(=O)N[C@@H](CN)C(=O)N[C@@H](CC(C)C)C(=O)C2N[C@@H](C[C@H]2O)C(=O)C[C@@H](Cc2c[nH]c3ccccc23)C(=O)N[C@@H](CCN)C(=O)N[C@@H](Cc2c[nH]c3ccccc23)C(=O)N1C. The Morgan fingerprint density at radius 3 is 1.72 bits per heavy atom. The smallest absolute Gasteiger partial charge is 0.246 e. The van der Waals surface area contributed by atoms with Crippen LogP contribution in [-0.2, 0) is 95.9 Å². The lowest BCUT2D eigenvalue weighted by atomic mass is 9.90. The zero-order valence-electron chi connectivity index (χ0n) is 72.1. The summed E-state index contributed by atoms with van der Waals surface area (Å²) >= 11 is 0. The van der Waals surface area contributed by atoms with E-state index in [9.17, 15) is 63.0 Å². The molecule has 2 bridgehead atoms. The number of aromatic hydroxyl groups is 1. The molecule has 3 aromatic carbocycles. The van der Waals surface area contributed by atoms with Crippen LogP contribution in [0.5, 0.6) is 5.75 Å². The molecular weight excluding hydrogens is 1590 g/mol. The van der Waals surface area contributed by atoms with Crippen molar-refractivity contribution in [3.05, 3.63) is 102 Å². The van der Waals surface area contributed by atoms with Crippen molar-refractivity contribution < 1.29 is 86.9 Å².